The normalized spacial score (nSPS) is 10.9. The van der Waals surface area contributed by atoms with Crippen LogP contribution < -0.4 is 10.6 Å². The van der Waals surface area contributed by atoms with E-state index < -0.39 is 15.1 Å². The molecule has 0 aromatic heterocycles. The van der Waals surface area contributed by atoms with Gasteiger partial charge < -0.3 is 5.73 Å². The molecule has 0 aliphatic carbocycles. The minimum absolute atomic E-state index is 0.205. The maximum Gasteiger partial charge on any atom is 0.311 e. The molecule has 76 valence electrons. The number of hydrogen-bond donors (Lipinski definition) is 2. The Bertz CT molecular complexity index is 439. The summed E-state index contributed by atoms with van der Waals surface area (Å²) in [5, 5.41) is 8.81. The molecule has 0 amide bonds. The molecular weight excluding hydrogens is 210 g/mol. The summed E-state index contributed by atoms with van der Waals surface area (Å²) < 4.78 is 22.3. The van der Waals surface area contributed by atoms with Crippen molar-refractivity contribution in [3.63, 3.8) is 0 Å². The third-order valence-corrected chi connectivity index (χ3v) is 2.67. The fourth-order valence-electron chi connectivity index (χ4n) is 0.798. The van der Waals surface area contributed by atoms with E-state index in [0.29, 0.717) is 5.69 Å². The standard InChI is InChI=1S/C6H7N3O4S/c7-5-1-3-6(4-2-5)14(12,13)8-9(10)11/h1-4,8H,7H2. The predicted octanol–water partition coefficient (Wildman–Crippen LogP) is -0.261. The van der Waals surface area contributed by atoms with Crippen molar-refractivity contribution in [2.75, 3.05) is 5.73 Å². The van der Waals surface area contributed by atoms with Gasteiger partial charge in [-0.3, -0.25) is 0 Å². The van der Waals surface area contributed by atoms with E-state index in [1.165, 1.54) is 29.1 Å². The Kier molecular flexibility index (Phi) is 2.56. The summed E-state index contributed by atoms with van der Waals surface area (Å²) in [6, 6.07) is 5.05. The van der Waals surface area contributed by atoms with Gasteiger partial charge in [0.05, 0.1) is 4.90 Å². The lowest BCUT2D eigenvalue weighted by Gasteiger charge is -2.00. The zero-order chi connectivity index (χ0) is 10.8. The Labute approximate surface area is 79.7 Å². The van der Waals surface area contributed by atoms with E-state index in [0.717, 1.165) is 0 Å². The molecule has 0 aliphatic rings. The van der Waals surface area contributed by atoms with Crippen LogP contribution in [0.15, 0.2) is 29.2 Å². The molecule has 0 radical (unpaired) electrons. The quantitative estimate of drug-likeness (QED) is 0.411. The third-order valence-electron chi connectivity index (χ3n) is 1.39. The summed E-state index contributed by atoms with van der Waals surface area (Å²) in [6.45, 7) is 0. The average Bonchev–Trinajstić information content (AvgIpc) is 2.02. The second kappa shape index (κ2) is 3.50. The van der Waals surface area contributed by atoms with Crippen LogP contribution in [0.3, 0.4) is 0 Å². The zero-order valence-electron chi connectivity index (χ0n) is 6.88. The van der Waals surface area contributed by atoms with Crippen molar-refractivity contribution < 1.29 is 13.5 Å². The largest absolute Gasteiger partial charge is 0.399 e. The molecule has 0 spiro atoms. The molecule has 0 heterocycles. The smallest absolute Gasteiger partial charge is 0.311 e. The van der Waals surface area contributed by atoms with Crippen molar-refractivity contribution in [3.8, 4) is 0 Å². The number of hydrogen-bond acceptors (Lipinski definition) is 5. The molecular formula is C6H7N3O4S. The SMILES string of the molecule is Nc1ccc(S(=O)(=O)N[N+](=O)[O-])cc1. The molecule has 0 atom stereocenters. The van der Waals surface area contributed by atoms with Gasteiger partial charge in [0.2, 0.25) is 0 Å². The lowest BCUT2D eigenvalue weighted by atomic mass is 10.3. The number of nitrogens with one attached hydrogen (secondary N) is 1. The molecule has 3 N–H and O–H groups in total. The van der Waals surface area contributed by atoms with Crippen molar-refractivity contribution in [1.82, 2.24) is 4.83 Å². The molecule has 0 saturated carbocycles. The minimum atomic E-state index is -4.08. The number of sulfonamides is 1. The molecule has 0 fully saturated rings. The Balaban J connectivity index is 3.05. The van der Waals surface area contributed by atoms with E-state index in [1.54, 1.807) is 0 Å². The molecule has 1 aromatic rings. The van der Waals surface area contributed by atoms with Gasteiger partial charge in [-0.05, 0) is 29.1 Å². The molecule has 14 heavy (non-hydrogen) atoms. The number of benzene rings is 1. The van der Waals surface area contributed by atoms with Crippen LogP contribution in [0.1, 0.15) is 0 Å². The number of nitrogens with zero attached hydrogens (tertiary/aromatic N) is 1. The average molecular weight is 217 g/mol. The summed E-state index contributed by atoms with van der Waals surface area (Å²) in [5.41, 5.74) is 5.70. The highest BCUT2D eigenvalue weighted by atomic mass is 32.2. The molecule has 8 heteroatoms. The highest BCUT2D eigenvalue weighted by Gasteiger charge is 2.18. The van der Waals surface area contributed by atoms with Gasteiger partial charge in [-0.2, -0.15) is 8.42 Å². The van der Waals surface area contributed by atoms with Crippen LogP contribution in [-0.4, -0.2) is 13.5 Å². The van der Waals surface area contributed by atoms with Crippen molar-refractivity contribution in [3.05, 3.63) is 34.4 Å². The molecule has 0 unspecified atom stereocenters. The fraction of sp³-hybridized carbons (Fsp3) is 0. The topological polar surface area (TPSA) is 115 Å². The number of nitrogens with two attached hydrogens (primary N) is 1. The van der Waals surface area contributed by atoms with Gasteiger partial charge in [-0.15, -0.1) is 0 Å². The maximum atomic E-state index is 11.2. The van der Waals surface area contributed by atoms with Crippen LogP contribution in [0.4, 0.5) is 5.69 Å². The van der Waals surface area contributed by atoms with E-state index in [-0.39, 0.29) is 4.90 Å². The van der Waals surface area contributed by atoms with Gasteiger partial charge in [-0.1, -0.05) is 0 Å². The highest BCUT2D eigenvalue weighted by molar-refractivity contribution is 7.89. The summed E-state index contributed by atoms with van der Waals surface area (Å²) in [4.78, 5) is 10.9. The summed E-state index contributed by atoms with van der Waals surface area (Å²) >= 11 is 0. The number of hydrazine groups is 1. The number of nitro groups is 1. The Hall–Kier alpha value is -1.83. The predicted molar refractivity (Wildman–Crippen MR) is 48.2 cm³/mol. The summed E-state index contributed by atoms with van der Waals surface area (Å²) in [6.07, 6.45) is 0. The van der Waals surface area contributed by atoms with Crippen molar-refractivity contribution in [2.45, 2.75) is 4.90 Å². The van der Waals surface area contributed by atoms with Crippen LogP contribution in [0.2, 0.25) is 0 Å². The van der Waals surface area contributed by atoms with Crippen LogP contribution >= 0.6 is 0 Å². The van der Waals surface area contributed by atoms with Crippen LogP contribution in [0.5, 0.6) is 0 Å². The molecule has 1 aromatic carbocycles. The fourth-order valence-corrected chi connectivity index (χ4v) is 1.59. The first kappa shape index (κ1) is 10.3. The van der Waals surface area contributed by atoms with Crippen molar-refractivity contribution >= 4 is 15.7 Å². The van der Waals surface area contributed by atoms with E-state index in [9.17, 15) is 18.5 Å². The van der Waals surface area contributed by atoms with Gasteiger partial charge in [-0.25, -0.2) is 10.1 Å². The minimum Gasteiger partial charge on any atom is -0.399 e. The number of anilines is 1. The van der Waals surface area contributed by atoms with E-state index in [4.69, 9.17) is 5.73 Å². The van der Waals surface area contributed by atoms with Gasteiger partial charge in [0.25, 0.3) is 0 Å². The Morgan fingerprint density at radius 2 is 1.79 bits per heavy atom. The lowest BCUT2D eigenvalue weighted by molar-refractivity contribution is -0.518. The number of nitrogen functional groups attached to an aromatic ring is 1. The lowest BCUT2D eigenvalue weighted by Crippen LogP contribution is -2.29. The Morgan fingerprint density at radius 1 is 1.29 bits per heavy atom. The second-order valence-electron chi connectivity index (χ2n) is 2.42. The molecule has 1 rings (SSSR count). The second-order valence-corrected chi connectivity index (χ2v) is 4.08. The van der Waals surface area contributed by atoms with Gasteiger partial charge in [0, 0.05) is 5.69 Å². The van der Waals surface area contributed by atoms with E-state index >= 15 is 0 Å². The first-order valence-corrected chi connectivity index (χ1v) is 4.92. The summed E-state index contributed by atoms with van der Waals surface area (Å²) in [7, 11) is -4.08. The van der Waals surface area contributed by atoms with Gasteiger partial charge in [0.15, 0.2) is 5.03 Å². The summed E-state index contributed by atoms with van der Waals surface area (Å²) in [5.74, 6) is 0. The Morgan fingerprint density at radius 3 is 2.21 bits per heavy atom. The third kappa shape index (κ3) is 2.33. The molecule has 0 aliphatic heterocycles. The maximum absolute atomic E-state index is 11.2. The number of rotatable bonds is 3. The van der Waals surface area contributed by atoms with Crippen molar-refractivity contribution in [2.24, 2.45) is 0 Å². The van der Waals surface area contributed by atoms with Crippen LogP contribution in [0.25, 0.3) is 0 Å². The van der Waals surface area contributed by atoms with Gasteiger partial charge >= 0.3 is 10.0 Å². The van der Waals surface area contributed by atoms with Gasteiger partial charge in [0.1, 0.15) is 0 Å². The molecule has 0 bridgehead atoms. The first-order chi connectivity index (χ1) is 6.42. The van der Waals surface area contributed by atoms with Crippen LogP contribution in [0, 0.1) is 10.1 Å². The monoisotopic (exact) mass is 217 g/mol. The molecule has 7 nitrogen and oxygen atoms in total. The first-order valence-electron chi connectivity index (χ1n) is 3.44. The highest BCUT2D eigenvalue weighted by Crippen LogP contribution is 2.10. The van der Waals surface area contributed by atoms with Crippen LogP contribution in [-0.2, 0) is 10.0 Å². The van der Waals surface area contributed by atoms with E-state index in [1.807, 2.05) is 0 Å². The zero-order valence-corrected chi connectivity index (χ0v) is 7.69. The van der Waals surface area contributed by atoms with E-state index in [2.05, 4.69) is 0 Å². The molecule has 0 saturated heterocycles. The van der Waals surface area contributed by atoms with Crippen molar-refractivity contribution in [1.29, 1.82) is 0 Å².